The zero-order valence-corrected chi connectivity index (χ0v) is 13.7. The number of benzene rings is 1. The fraction of sp³-hybridized carbons (Fsp3) is 0.571. The molecule has 1 rings (SSSR count). The molecule has 2 N–H and O–H groups in total. The molecule has 120 valence electrons. The van der Waals surface area contributed by atoms with Gasteiger partial charge in [0.1, 0.15) is 5.75 Å². The summed E-state index contributed by atoms with van der Waals surface area (Å²) >= 11 is 0. The Morgan fingerprint density at radius 1 is 1.14 bits per heavy atom. The standard InChI is InChI=1S/C14H25N3O3S/c1-15-9-4-12-20-13-5-7-14(8-6-13)21(18,19)16-10-11-17(2)3/h5-8,15-16H,4,9-12H2,1-3H3. The highest BCUT2D eigenvalue weighted by Crippen LogP contribution is 2.15. The van der Waals surface area contributed by atoms with Gasteiger partial charge in [-0.15, -0.1) is 0 Å². The lowest BCUT2D eigenvalue weighted by Gasteiger charge is -2.11. The molecule has 0 fully saturated rings. The maximum atomic E-state index is 12.0. The molecule has 1 aromatic rings. The van der Waals surface area contributed by atoms with E-state index in [9.17, 15) is 8.42 Å². The molecule has 0 saturated heterocycles. The molecule has 21 heavy (non-hydrogen) atoms. The fourth-order valence-electron chi connectivity index (χ4n) is 1.64. The monoisotopic (exact) mass is 315 g/mol. The minimum Gasteiger partial charge on any atom is -0.494 e. The van der Waals surface area contributed by atoms with Crippen LogP contribution in [0, 0.1) is 0 Å². The molecule has 7 heteroatoms. The average Bonchev–Trinajstić information content (AvgIpc) is 2.43. The van der Waals surface area contributed by atoms with Crippen molar-refractivity contribution in [3.63, 3.8) is 0 Å². The van der Waals surface area contributed by atoms with Gasteiger partial charge in [0.15, 0.2) is 0 Å². The highest BCUT2D eigenvalue weighted by Gasteiger charge is 2.13. The van der Waals surface area contributed by atoms with Crippen molar-refractivity contribution in [2.45, 2.75) is 11.3 Å². The summed E-state index contributed by atoms with van der Waals surface area (Å²) < 4.78 is 32.2. The molecule has 0 aliphatic carbocycles. The van der Waals surface area contributed by atoms with Crippen LogP contribution < -0.4 is 14.8 Å². The van der Waals surface area contributed by atoms with Crippen LogP contribution in [0.2, 0.25) is 0 Å². The van der Waals surface area contributed by atoms with Gasteiger partial charge in [0, 0.05) is 13.1 Å². The lowest BCUT2D eigenvalue weighted by molar-refractivity contribution is 0.309. The van der Waals surface area contributed by atoms with Crippen LogP contribution in [-0.4, -0.2) is 60.7 Å². The molecule has 0 aliphatic rings. The molecule has 1 aromatic carbocycles. The van der Waals surface area contributed by atoms with Gasteiger partial charge in [-0.3, -0.25) is 0 Å². The molecule has 0 atom stereocenters. The lowest BCUT2D eigenvalue weighted by atomic mass is 10.3. The van der Waals surface area contributed by atoms with Gasteiger partial charge >= 0.3 is 0 Å². The number of hydrogen-bond acceptors (Lipinski definition) is 5. The van der Waals surface area contributed by atoms with E-state index in [4.69, 9.17) is 4.74 Å². The Morgan fingerprint density at radius 2 is 1.81 bits per heavy atom. The van der Waals surface area contributed by atoms with Crippen LogP contribution in [0.3, 0.4) is 0 Å². The Kier molecular flexibility index (Phi) is 7.66. The van der Waals surface area contributed by atoms with Crippen molar-refractivity contribution in [1.29, 1.82) is 0 Å². The second-order valence-corrected chi connectivity index (χ2v) is 6.74. The molecule has 0 aliphatic heterocycles. The Labute approximate surface area is 127 Å². The van der Waals surface area contributed by atoms with Gasteiger partial charge in [-0.2, -0.15) is 0 Å². The zero-order chi connectivity index (χ0) is 15.7. The van der Waals surface area contributed by atoms with Crippen LogP contribution in [-0.2, 0) is 10.0 Å². The molecular weight excluding hydrogens is 290 g/mol. The normalized spacial score (nSPS) is 11.8. The maximum Gasteiger partial charge on any atom is 0.240 e. The third kappa shape index (κ3) is 6.90. The van der Waals surface area contributed by atoms with Gasteiger partial charge in [-0.1, -0.05) is 0 Å². The Balaban J connectivity index is 2.52. The molecule has 0 amide bonds. The number of sulfonamides is 1. The largest absolute Gasteiger partial charge is 0.494 e. The topological polar surface area (TPSA) is 70.7 Å². The molecule has 6 nitrogen and oxygen atoms in total. The molecular formula is C14H25N3O3S. The highest BCUT2D eigenvalue weighted by molar-refractivity contribution is 7.89. The Bertz CT molecular complexity index is 501. The van der Waals surface area contributed by atoms with Crippen molar-refractivity contribution in [2.75, 3.05) is 47.4 Å². The number of nitrogens with zero attached hydrogens (tertiary/aromatic N) is 1. The third-order valence-electron chi connectivity index (χ3n) is 2.82. The maximum absolute atomic E-state index is 12.0. The number of rotatable bonds is 10. The first-order chi connectivity index (χ1) is 9.95. The van der Waals surface area contributed by atoms with Crippen LogP contribution in [0.1, 0.15) is 6.42 Å². The van der Waals surface area contributed by atoms with E-state index < -0.39 is 10.0 Å². The Morgan fingerprint density at radius 3 is 2.38 bits per heavy atom. The molecule has 0 bridgehead atoms. The number of likely N-dealkylation sites (N-methyl/N-ethyl adjacent to an activating group) is 1. The van der Waals surface area contributed by atoms with Crippen LogP contribution >= 0.6 is 0 Å². The first-order valence-corrected chi connectivity index (χ1v) is 8.46. The lowest BCUT2D eigenvalue weighted by Crippen LogP contribution is -2.31. The van der Waals surface area contributed by atoms with Gasteiger partial charge in [0.25, 0.3) is 0 Å². The van der Waals surface area contributed by atoms with Crippen molar-refractivity contribution in [1.82, 2.24) is 14.9 Å². The third-order valence-corrected chi connectivity index (χ3v) is 4.30. The van der Waals surface area contributed by atoms with E-state index >= 15 is 0 Å². The molecule has 0 aromatic heterocycles. The minimum atomic E-state index is -3.44. The minimum absolute atomic E-state index is 0.254. The predicted molar refractivity (Wildman–Crippen MR) is 84.2 cm³/mol. The summed E-state index contributed by atoms with van der Waals surface area (Å²) in [4.78, 5) is 2.17. The summed E-state index contributed by atoms with van der Waals surface area (Å²) in [6, 6.07) is 6.48. The van der Waals surface area contributed by atoms with Crippen molar-refractivity contribution in [3.8, 4) is 5.75 Å². The summed E-state index contributed by atoms with van der Waals surface area (Å²) in [5.74, 6) is 0.679. The zero-order valence-electron chi connectivity index (χ0n) is 12.9. The molecule has 0 saturated carbocycles. The first-order valence-electron chi connectivity index (χ1n) is 6.97. The van der Waals surface area contributed by atoms with Crippen molar-refractivity contribution in [2.24, 2.45) is 0 Å². The average molecular weight is 315 g/mol. The van der Waals surface area contributed by atoms with Crippen LogP contribution in [0.25, 0.3) is 0 Å². The summed E-state index contributed by atoms with van der Waals surface area (Å²) in [7, 11) is 2.24. The predicted octanol–water partition coefficient (Wildman–Crippen LogP) is 0.515. The number of hydrogen-bond donors (Lipinski definition) is 2. The summed E-state index contributed by atoms with van der Waals surface area (Å²) in [5, 5.41) is 3.04. The van der Waals surface area contributed by atoms with E-state index in [1.165, 1.54) is 0 Å². The summed E-state index contributed by atoms with van der Waals surface area (Å²) in [5.41, 5.74) is 0. The van der Waals surface area contributed by atoms with Gasteiger partial charge in [-0.05, 0) is 58.4 Å². The van der Waals surface area contributed by atoms with E-state index in [1.807, 2.05) is 26.0 Å². The Hall–Kier alpha value is -1.15. The van der Waals surface area contributed by atoms with Gasteiger partial charge in [-0.25, -0.2) is 13.1 Å². The first kappa shape index (κ1) is 17.9. The molecule has 0 unspecified atom stereocenters. The highest BCUT2D eigenvalue weighted by atomic mass is 32.2. The molecule has 0 heterocycles. The van der Waals surface area contributed by atoms with Crippen LogP contribution in [0.15, 0.2) is 29.2 Å². The molecule has 0 spiro atoms. The second-order valence-electron chi connectivity index (χ2n) is 4.98. The summed E-state index contributed by atoms with van der Waals surface area (Å²) in [6.07, 6.45) is 0.905. The van der Waals surface area contributed by atoms with Gasteiger partial charge < -0.3 is 15.0 Å². The SMILES string of the molecule is CNCCCOc1ccc(S(=O)(=O)NCCN(C)C)cc1. The van der Waals surface area contributed by atoms with E-state index in [0.29, 0.717) is 25.4 Å². The number of ether oxygens (including phenoxy) is 1. The van der Waals surface area contributed by atoms with Crippen LogP contribution in [0.5, 0.6) is 5.75 Å². The number of nitrogens with one attached hydrogen (secondary N) is 2. The smallest absolute Gasteiger partial charge is 0.240 e. The fourth-order valence-corrected chi connectivity index (χ4v) is 2.66. The quantitative estimate of drug-likeness (QED) is 0.616. The van der Waals surface area contributed by atoms with E-state index in [2.05, 4.69) is 10.0 Å². The molecule has 0 radical (unpaired) electrons. The van der Waals surface area contributed by atoms with E-state index in [-0.39, 0.29) is 4.90 Å². The van der Waals surface area contributed by atoms with Crippen molar-refractivity contribution in [3.05, 3.63) is 24.3 Å². The van der Waals surface area contributed by atoms with E-state index in [1.54, 1.807) is 24.3 Å². The van der Waals surface area contributed by atoms with Gasteiger partial charge in [0.05, 0.1) is 11.5 Å². The van der Waals surface area contributed by atoms with Crippen LogP contribution in [0.4, 0.5) is 0 Å². The van der Waals surface area contributed by atoms with Crippen molar-refractivity contribution >= 4 is 10.0 Å². The van der Waals surface area contributed by atoms with Crippen molar-refractivity contribution < 1.29 is 13.2 Å². The summed E-state index contributed by atoms with van der Waals surface area (Å²) in [6.45, 7) is 2.54. The van der Waals surface area contributed by atoms with Gasteiger partial charge in [0.2, 0.25) is 10.0 Å². The second kappa shape index (κ2) is 8.99. The van der Waals surface area contributed by atoms with E-state index in [0.717, 1.165) is 13.0 Å².